The summed E-state index contributed by atoms with van der Waals surface area (Å²) in [5, 5.41) is 3.87. The molecule has 2 aromatic rings. The van der Waals surface area contributed by atoms with Crippen LogP contribution in [0.1, 0.15) is 11.1 Å². The van der Waals surface area contributed by atoms with Gasteiger partial charge in [-0.25, -0.2) is 5.43 Å². The van der Waals surface area contributed by atoms with Crippen LogP contribution in [-0.2, 0) is 4.79 Å². The van der Waals surface area contributed by atoms with Gasteiger partial charge in [0.1, 0.15) is 5.75 Å². The van der Waals surface area contributed by atoms with E-state index in [1.165, 1.54) is 6.21 Å². The van der Waals surface area contributed by atoms with Crippen LogP contribution in [0.3, 0.4) is 0 Å². The van der Waals surface area contributed by atoms with Crippen molar-refractivity contribution in [2.45, 2.75) is 6.92 Å². The van der Waals surface area contributed by atoms with Crippen molar-refractivity contribution in [1.82, 2.24) is 5.43 Å². The summed E-state index contributed by atoms with van der Waals surface area (Å²) in [6, 6.07) is 17.3. The Balaban J connectivity index is 1.77. The number of ether oxygens (including phenoxy) is 1. The molecule has 4 nitrogen and oxygen atoms in total. The molecule has 0 unspecified atom stereocenters. The molecular weight excluding hydrogens is 356 g/mol. The number of halogens is 1. The van der Waals surface area contributed by atoms with E-state index in [-0.39, 0.29) is 12.5 Å². The maximum atomic E-state index is 11.6. The molecule has 0 heterocycles. The largest absolute Gasteiger partial charge is 0.484 e. The average molecular weight is 373 g/mol. The molecule has 1 amide bonds. The monoisotopic (exact) mass is 372 g/mol. The molecule has 0 radical (unpaired) electrons. The van der Waals surface area contributed by atoms with Gasteiger partial charge in [0, 0.05) is 4.48 Å². The second-order valence-corrected chi connectivity index (χ2v) is 5.75. The number of hydrazone groups is 1. The van der Waals surface area contributed by atoms with Crippen LogP contribution >= 0.6 is 15.9 Å². The summed E-state index contributed by atoms with van der Waals surface area (Å²) >= 11 is 3.38. The van der Waals surface area contributed by atoms with Crippen LogP contribution in [0.4, 0.5) is 0 Å². The van der Waals surface area contributed by atoms with Gasteiger partial charge in [0.15, 0.2) is 6.61 Å². The standard InChI is InChI=1S/C18H17BrN2O2/c1-14-7-9-17(10-8-14)23-13-18(22)21-20-12-16(19)11-15-5-3-2-4-6-15/h2-12H,13H2,1H3,(H,21,22)/b16-11-,20-12+. The van der Waals surface area contributed by atoms with Crippen LogP contribution in [0.2, 0.25) is 0 Å². The summed E-state index contributed by atoms with van der Waals surface area (Å²) in [4.78, 5) is 11.6. The third kappa shape index (κ3) is 6.48. The van der Waals surface area contributed by atoms with Crippen LogP contribution < -0.4 is 10.2 Å². The molecule has 2 rings (SSSR count). The lowest BCUT2D eigenvalue weighted by atomic mass is 10.2. The first-order valence-electron chi connectivity index (χ1n) is 7.07. The number of aryl methyl sites for hydroxylation is 1. The molecule has 23 heavy (non-hydrogen) atoms. The van der Waals surface area contributed by atoms with Gasteiger partial charge in [-0.1, -0.05) is 48.0 Å². The summed E-state index contributed by atoms with van der Waals surface area (Å²) < 4.78 is 6.12. The van der Waals surface area contributed by atoms with Crippen LogP contribution in [-0.4, -0.2) is 18.7 Å². The minimum Gasteiger partial charge on any atom is -0.484 e. The van der Waals surface area contributed by atoms with Gasteiger partial charge in [-0.05, 0) is 46.6 Å². The van der Waals surface area contributed by atoms with E-state index in [0.717, 1.165) is 15.6 Å². The van der Waals surface area contributed by atoms with Crippen molar-refractivity contribution in [3.63, 3.8) is 0 Å². The zero-order valence-corrected chi connectivity index (χ0v) is 14.3. The van der Waals surface area contributed by atoms with Crippen LogP contribution in [0.25, 0.3) is 6.08 Å². The first kappa shape index (κ1) is 17.0. The number of benzene rings is 2. The maximum absolute atomic E-state index is 11.6. The van der Waals surface area contributed by atoms with E-state index in [1.54, 1.807) is 0 Å². The van der Waals surface area contributed by atoms with E-state index in [4.69, 9.17) is 4.74 Å². The van der Waals surface area contributed by atoms with Gasteiger partial charge in [0.2, 0.25) is 0 Å². The molecule has 0 spiro atoms. The summed E-state index contributed by atoms with van der Waals surface area (Å²) in [5.41, 5.74) is 4.60. The highest BCUT2D eigenvalue weighted by Crippen LogP contribution is 2.11. The Morgan fingerprint density at radius 1 is 1.17 bits per heavy atom. The molecule has 0 bridgehead atoms. The van der Waals surface area contributed by atoms with Crippen LogP contribution in [0.15, 0.2) is 64.2 Å². The average Bonchev–Trinajstić information content (AvgIpc) is 2.55. The molecule has 0 aliphatic carbocycles. The Morgan fingerprint density at radius 3 is 2.57 bits per heavy atom. The lowest BCUT2D eigenvalue weighted by Crippen LogP contribution is -2.24. The van der Waals surface area contributed by atoms with Gasteiger partial charge >= 0.3 is 0 Å². The highest BCUT2D eigenvalue weighted by molar-refractivity contribution is 9.12. The van der Waals surface area contributed by atoms with E-state index < -0.39 is 0 Å². The van der Waals surface area contributed by atoms with Gasteiger partial charge in [-0.15, -0.1) is 0 Å². The van der Waals surface area contributed by atoms with E-state index in [9.17, 15) is 4.79 Å². The number of rotatable bonds is 6. The molecule has 5 heteroatoms. The third-order valence-corrected chi connectivity index (χ3v) is 3.31. The van der Waals surface area contributed by atoms with Crippen molar-refractivity contribution < 1.29 is 9.53 Å². The van der Waals surface area contributed by atoms with Crippen molar-refractivity contribution >= 4 is 34.1 Å². The first-order valence-corrected chi connectivity index (χ1v) is 7.86. The molecule has 0 aliphatic rings. The zero-order valence-electron chi connectivity index (χ0n) is 12.7. The normalized spacial score (nSPS) is 11.5. The highest BCUT2D eigenvalue weighted by atomic mass is 79.9. The summed E-state index contributed by atoms with van der Waals surface area (Å²) in [6.07, 6.45) is 3.43. The minimum absolute atomic E-state index is 0.0829. The van der Waals surface area contributed by atoms with Crippen LogP contribution in [0.5, 0.6) is 5.75 Å². The number of carbonyl (C=O) groups excluding carboxylic acids is 1. The Morgan fingerprint density at radius 2 is 1.87 bits per heavy atom. The molecule has 0 saturated carbocycles. The fraction of sp³-hybridized carbons (Fsp3) is 0.111. The van der Waals surface area contributed by atoms with Gasteiger partial charge in [0.25, 0.3) is 5.91 Å². The van der Waals surface area contributed by atoms with Gasteiger partial charge < -0.3 is 4.74 Å². The van der Waals surface area contributed by atoms with Crippen molar-refractivity contribution in [3.8, 4) is 5.75 Å². The number of carbonyl (C=O) groups is 1. The first-order chi connectivity index (χ1) is 11.1. The summed E-state index contributed by atoms with van der Waals surface area (Å²) in [5.74, 6) is 0.335. The number of allylic oxidation sites excluding steroid dienone is 1. The zero-order chi connectivity index (χ0) is 16.5. The molecule has 1 N–H and O–H groups in total. The predicted octanol–water partition coefficient (Wildman–Crippen LogP) is 3.91. The van der Waals surface area contributed by atoms with E-state index in [2.05, 4.69) is 26.5 Å². The minimum atomic E-state index is -0.318. The Hall–Kier alpha value is -2.40. The second kappa shape index (κ2) is 8.90. The third-order valence-electron chi connectivity index (χ3n) is 2.87. The number of amides is 1. The Kier molecular flexibility index (Phi) is 6.56. The molecule has 0 fully saturated rings. The van der Waals surface area contributed by atoms with Crippen molar-refractivity contribution in [1.29, 1.82) is 0 Å². The van der Waals surface area contributed by atoms with Crippen molar-refractivity contribution in [3.05, 3.63) is 70.2 Å². The second-order valence-electron chi connectivity index (χ2n) is 4.83. The lowest BCUT2D eigenvalue weighted by molar-refractivity contribution is -0.123. The smallest absolute Gasteiger partial charge is 0.277 e. The topological polar surface area (TPSA) is 50.7 Å². The van der Waals surface area contributed by atoms with E-state index >= 15 is 0 Å². The molecule has 2 aromatic carbocycles. The van der Waals surface area contributed by atoms with Gasteiger partial charge in [-0.2, -0.15) is 5.10 Å². The Labute approximate surface area is 144 Å². The SMILES string of the molecule is Cc1ccc(OCC(=O)N/N=C/C(Br)=C/c2ccccc2)cc1. The molecular formula is C18H17BrN2O2. The van der Waals surface area contributed by atoms with Gasteiger partial charge in [0.05, 0.1) is 6.21 Å². The number of nitrogens with zero attached hydrogens (tertiary/aromatic N) is 1. The highest BCUT2D eigenvalue weighted by Gasteiger charge is 2.01. The lowest BCUT2D eigenvalue weighted by Gasteiger charge is -2.04. The maximum Gasteiger partial charge on any atom is 0.277 e. The van der Waals surface area contributed by atoms with Crippen molar-refractivity contribution in [2.75, 3.05) is 6.61 Å². The predicted molar refractivity (Wildman–Crippen MR) is 96.7 cm³/mol. The summed E-state index contributed by atoms with van der Waals surface area (Å²) in [6.45, 7) is 1.91. The molecule has 118 valence electrons. The molecule has 0 atom stereocenters. The fourth-order valence-corrected chi connectivity index (χ4v) is 2.09. The Bertz CT molecular complexity index is 695. The number of nitrogens with one attached hydrogen (secondary N) is 1. The van der Waals surface area contributed by atoms with Crippen LogP contribution in [0, 0.1) is 6.92 Å². The fourth-order valence-electron chi connectivity index (χ4n) is 1.73. The number of hydrogen-bond donors (Lipinski definition) is 1. The molecule has 0 aliphatic heterocycles. The van der Waals surface area contributed by atoms with E-state index in [1.807, 2.05) is 67.6 Å². The molecule has 0 saturated heterocycles. The molecule has 0 aromatic heterocycles. The van der Waals surface area contributed by atoms with Crippen molar-refractivity contribution in [2.24, 2.45) is 5.10 Å². The van der Waals surface area contributed by atoms with E-state index in [0.29, 0.717) is 5.75 Å². The summed E-state index contributed by atoms with van der Waals surface area (Å²) in [7, 11) is 0. The van der Waals surface area contributed by atoms with Gasteiger partial charge in [-0.3, -0.25) is 4.79 Å². The number of hydrogen-bond acceptors (Lipinski definition) is 3. The quantitative estimate of drug-likeness (QED) is 0.617.